The molecule has 0 saturated carbocycles. The lowest BCUT2D eigenvalue weighted by molar-refractivity contribution is 0.0341. The van der Waals surface area contributed by atoms with Crippen LogP contribution in [0.2, 0.25) is 0 Å². The van der Waals surface area contributed by atoms with Crippen LogP contribution >= 0.6 is 0 Å². The predicted molar refractivity (Wildman–Crippen MR) is 46.4 cm³/mol. The molecule has 0 aromatic rings. The first-order chi connectivity index (χ1) is 5.20. The molecule has 0 aromatic carbocycles. The van der Waals surface area contributed by atoms with Crippen molar-refractivity contribution in [2.45, 2.75) is 32.7 Å². The van der Waals surface area contributed by atoms with Gasteiger partial charge in [-0.1, -0.05) is 13.8 Å². The highest BCUT2D eigenvalue weighted by molar-refractivity contribution is 4.76. The largest absolute Gasteiger partial charge is 0.381 e. The van der Waals surface area contributed by atoms with E-state index in [9.17, 15) is 0 Å². The van der Waals surface area contributed by atoms with Crippen LogP contribution in [0.3, 0.4) is 0 Å². The first-order valence-corrected chi connectivity index (χ1v) is 4.53. The molecule has 1 aliphatic heterocycles. The molecule has 2 unspecified atom stereocenters. The Balaban J connectivity index is 2.29. The van der Waals surface area contributed by atoms with E-state index in [-0.39, 0.29) is 0 Å². The Labute approximate surface area is 69.1 Å². The zero-order chi connectivity index (χ0) is 8.27. The van der Waals surface area contributed by atoms with Crippen LogP contribution < -0.4 is 5.73 Å². The summed E-state index contributed by atoms with van der Waals surface area (Å²) < 4.78 is 5.37. The second-order valence-electron chi connectivity index (χ2n) is 3.92. The summed E-state index contributed by atoms with van der Waals surface area (Å²) in [5, 5.41) is 0. The van der Waals surface area contributed by atoms with Crippen LogP contribution in [-0.4, -0.2) is 19.3 Å². The van der Waals surface area contributed by atoms with Gasteiger partial charge in [0.2, 0.25) is 0 Å². The van der Waals surface area contributed by atoms with Crippen molar-refractivity contribution < 1.29 is 4.74 Å². The second-order valence-corrected chi connectivity index (χ2v) is 3.92. The molecule has 11 heavy (non-hydrogen) atoms. The third-order valence-corrected chi connectivity index (χ3v) is 2.31. The lowest BCUT2D eigenvalue weighted by Crippen LogP contribution is -2.39. The standard InChI is InChI=1S/C9H19NO/c1-7(2)5-8-6-11-4-3-9(8)10/h7-9H,3-6,10H2,1-2H3. The molecule has 0 aliphatic carbocycles. The van der Waals surface area contributed by atoms with Crippen molar-refractivity contribution in [1.82, 2.24) is 0 Å². The molecule has 1 aliphatic rings. The molecule has 2 nitrogen and oxygen atoms in total. The smallest absolute Gasteiger partial charge is 0.0509 e. The van der Waals surface area contributed by atoms with Crippen LogP contribution in [0.1, 0.15) is 26.7 Å². The first-order valence-electron chi connectivity index (χ1n) is 4.53. The minimum Gasteiger partial charge on any atom is -0.381 e. The van der Waals surface area contributed by atoms with Crippen molar-refractivity contribution in [2.75, 3.05) is 13.2 Å². The quantitative estimate of drug-likeness (QED) is 0.657. The molecular formula is C9H19NO. The molecule has 2 heteroatoms. The fraction of sp³-hybridized carbons (Fsp3) is 1.00. The van der Waals surface area contributed by atoms with E-state index in [1.165, 1.54) is 6.42 Å². The van der Waals surface area contributed by atoms with Crippen molar-refractivity contribution in [3.8, 4) is 0 Å². The van der Waals surface area contributed by atoms with E-state index < -0.39 is 0 Å². The molecule has 1 heterocycles. The van der Waals surface area contributed by atoms with Crippen LogP contribution in [0, 0.1) is 11.8 Å². The Hall–Kier alpha value is -0.0800. The fourth-order valence-corrected chi connectivity index (χ4v) is 1.66. The van der Waals surface area contributed by atoms with Gasteiger partial charge in [-0.25, -0.2) is 0 Å². The van der Waals surface area contributed by atoms with Crippen molar-refractivity contribution in [3.63, 3.8) is 0 Å². The molecule has 0 spiro atoms. The van der Waals surface area contributed by atoms with Gasteiger partial charge in [0.25, 0.3) is 0 Å². The summed E-state index contributed by atoms with van der Waals surface area (Å²) >= 11 is 0. The molecule has 2 atom stereocenters. The van der Waals surface area contributed by atoms with E-state index in [1.807, 2.05) is 0 Å². The summed E-state index contributed by atoms with van der Waals surface area (Å²) in [4.78, 5) is 0. The maximum absolute atomic E-state index is 5.95. The topological polar surface area (TPSA) is 35.2 Å². The molecule has 0 amide bonds. The lowest BCUT2D eigenvalue weighted by Gasteiger charge is -2.29. The minimum absolute atomic E-state index is 0.381. The molecule has 0 bridgehead atoms. The fourth-order valence-electron chi connectivity index (χ4n) is 1.66. The van der Waals surface area contributed by atoms with Crippen molar-refractivity contribution in [2.24, 2.45) is 17.6 Å². The molecule has 0 radical (unpaired) electrons. The first kappa shape index (κ1) is 9.01. The van der Waals surface area contributed by atoms with Gasteiger partial charge >= 0.3 is 0 Å². The van der Waals surface area contributed by atoms with Crippen LogP contribution in [0.15, 0.2) is 0 Å². The molecule has 66 valence electrons. The predicted octanol–water partition coefficient (Wildman–Crippen LogP) is 1.40. The van der Waals surface area contributed by atoms with E-state index in [1.54, 1.807) is 0 Å². The number of ether oxygens (including phenoxy) is 1. The van der Waals surface area contributed by atoms with Crippen LogP contribution in [0.4, 0.5) is 0 Å². The van der Waals surface area contributed by atoms with E-state index in [0.29, 0.717) is 12.0 Å². The molecule has 2 N–H and O–H groups in total. The van der Waals surface area contributed by atoms with Crippen molar-refractivity contribution in [1.29, 1.82) is 0 Å². The molecular weight excluding hydrogens is 138 g/mol. The third kappa shape index (κ3) is 2.80. The Morgan fingerprint density at radius 2 is 2.27 bits per heavy atom. The molecule has 0 aromatic heterocycles. The lowest BCUT2D eigenvalue weighted by atomic mass is 9.89. The monoisotopic (exact) mass is 157 g/mol. The Bertz CT molecular complexity index is 114. The second kappa shape index (κ2) is 4.07. The van der Waals surface area contributed by atoms with Gasteiger partial charge in [-0.2, -0.15) is 0 Å². The highest BCUT2D eigenvalue weighted by Gasteiger charge is 2.22. The maximum atomic E-state index is 5.95. The van der Waals surface area contributed by atoms with E-state index in [0.717, 1.165) is 25.6 Å². The van der Waals surface area contributed by atoms with Crippen LogP contribution in [0.5, 0.6) is 0 Å². The van der Waals surface area contributed by atoms with Crippen molar-refractivity contribution >= 4 is 0 Å². The van der Waals surface area contributed by atoms with E-state index >= 15 is 0 Å². The van der Waals surface area contributed by atoms with Gasteiger partial charge in [0.05, 0.1) is 6.61 Å². The highest BCUT2D eigenvalue weighted by atomic mass is 16.5. The van der Waals surface area contributed by atoms with Gasteiger partial charge in [-0.05, 0) is 24.7 Å². The van der Waals surface area contributed by atoms with Gasteiger partial charge in [-0.3, -0.25) is 0 Å². The summed E-state index contributed by atoms with van der Waals surface area (Å²) in [5.74, 6) is 1.34. The summed E-state index contributed by atoms with van der Waals surface area (Å²) in [6.07, 6.45) is 2.25. The zero-order valence-electron chi connectivity index (χ0n) is 7.55. The van der Waals surface area contributed by atoms with Gasteiger partial charge in [-0.15, -0.1) is 0 Å². The summed E-state index contributed by atoms with van der Waals surface area (Å²) in [7, 11) is 0. The van der Waals surface area contributed by atoms with Gasteiger partial charge in [0.1, 0.15) is 0 Å². The SMILES string of the molecule is CC(C)CC1COCCC1N. The molecule has 1 saturated heterocycles. The van der Waals surface area contributed by atoms with Crippen LogP contribution in [-0.2, 0) is 4.74 Å². The Kier molecular flexibility index (Phi) is 3.34. The highest BCUT2D eigenvalue weighted by Crippen LogP contribution is 2.20. The number of hydrogen-bond acceptors (Lipinski definition) is 2. The summed E-state index contributed by atoms with van der Waals surface area (Å²) in [6.45, 7) is 6.21. The minimum atomic E-state index is 0.381. The van der Waals surface area contributed by atoms with Crippen molar-refractivity contribution in [3.05, 3.63) is 0 Å². The summed E-state index contributed by atoms with van der Waals surface area (Å²) in [5.41, 5.74) is 5.95. The van der Waals surface area contributed by atoms with Crippen LogP contribution in [0.25, 0.3) is 0 Å². The van der Waals surface area contributed by atoms with Gasteiger partial charge in [0, 0.05) is 12.6 Å². The molecule has 1 rings (SSSR count). The average molecular weight is 157 g/mol. The number of hydrogen-bond donors (Lipinski definition) is 1. The maximum Gasteiger partial charge on any atom is 0.0509 e. The number of nitrogens with two attached hydrogens (primary N) is 1. The normalized spacial score (nSPS) is 32.7. The van der Waals surface area contributed by atoms with E-state index in [4.69, 9.17) is 10.5 Å². The Morgan fingerprint density at radius 3 is 2.82 bits per heavy atom. The summed E-state index contributed by atoms with van der Waals surface area (Å²) in [6, 6.07) is 0.381. The number of rotatable bonds is 2. The zero-order valence-corrected chi connectivity index (χ0v) is 7.55. The van der Waals surface area contributed by atoms with Gasteiger partial charge in [0.15, 0.2) is 0 Å². The third-order valence-electron chi connectivity index (χ3n) is 2.31. The van der Waals surface area contributed by atoms with Gasteiger partial charge < -0.3 is 10.5 Å². The average Bonchev–Trinajstić information content (AvgIpc) is 1.93. The molecule has 1 fully saturated rings. The van der Waals surface area contributed by atoms with E-state index in [2.05, 4.69) is 13.8 Å². The Morgan fingerprint density at radius 1 is 1.55 bits per heavy atom.